The van der Waals surface area contributed by atoms with Gasteiger partial charge in [-0.05, 0) is 42.5 Å². The van der Waals surface area contributed by atoms with Gasteiger partial charge >= 0.3 is 0 Å². The van der Waals surface area contributed by atoms with E-state index in [2.05, 4.69) is 33.1 Å². The zero-order valence-corrected chi connectivity index (χ0v) is 16.5. The number of pyridine rings is 1. The maximum Gasteiger partial charge on any atom is 0.296 e. The highest BCUT2D eigenvalue weighted by atomic mass is 16.5. The number of carbonyl (C=O) groups excluding carboxylic acids is 1. The molecular weight excluding hydrogens is 366 g/mol. The number of carbonyl (C=O) groups is 1. The first-order valence-electron chi connectivity index (χ1n) is 10.3. The number of hydrogen-bond acceptors (Lipinski definition) is 5. The molecule has 0 N–H and O–H groups in total. The second-order valence-corrected chi connectivity index (χ2v) is 8.67. The standard InChI is InChI=1S/C23H23N3O3/c1-15-10-19-18(13-24-15)14-28-22(19)6-8-26(9-7-22)21-25-20(27)23(29-21)11-16-4-2-3-5-17(16)12-23/h2-5,10,13H,6-9,11-12,14H2,1H3. The molecule has 1 aromatic heterocycles. The number of ether oxygens (including phenoxy) is 2. The Morgan fingerprint density at radius 3 is 2.48 bits per heavy atom. The third-order valence-electron chi connectivity index (χ3n) is 6.90. The van der Waals surface area contributed by atoms with Gasteiger partial charge in [0.1, 0.15) is 0 Å². The van der Waals surface area contributed by atoms with Crippen LogP contribution in [0.1, 0.15) is 40.8 Å². The minimum Gasteiger partial charge on any atom is -0.447 e. The predicted octanol–water partition coefficient (Wildman–Crippen LogP) is 2.66. The number of aliphatic imine (C=N–C) groups is 1. The molecule has 6 nitrogen and oxygen atoms in total. The Labute approximate surface area is 169 Å². The van der Waals surface area contributed by atoms with Crippen LogP contribution in [-0.2, 0) is 39.3 Å². The van der Waals surface area contributed by atoms with Crippen molar-refractivity contribution in [1.82, 2.24) is 9.88 Å². The largest absolute Gasteiger partial charge is 0.447 e. The number of rotatable bonds is 0. The fourth-order valence-corrected chi connectivity index (χ4v) is 5.26. The van der Waals surface area contributed by atoms with Crippen molar-refractivity contribution in [3.8, 4) is 0 Å². The Morgan fingerprint density at radius 1 is 1.03 bits per heavy atom. The SMILES string of the molecule is Cc1cc2c(cn1)COC21CCN(C2=NC(=O)C3(Cc4ccccc4C3)O2)CC1. The molecule has 1 amide bonds. The van der Waals surface area contributed by atoms with Gasteiger partial charge in [0.15, 0.2) is 0 Å². The summed E-state index contributed by atoms with van der Waals surface area (Å²) in [5, 5.41) is 0. The topological polar surface area (TPSA) is 64.0 Å². The predicted molar refractivity (Wildman–Crippen MR) is 106 cm³/mol. The van der Waals surface area contributed by atoms with Gasteiger partial charge in [0.25, 0.3) is 11.9 Å². The van der Waals surface area contributed by atoms with E-state index in [1.54, 1.807) is 0 Å². The third kappa shape index (κ3) is 2.48. The van der Waals surface area contributed by atoms with E-state index in [-0.39, 0.29) is 11.5 Å². The number of aryl methyl sites for hydroxylation is 1. The van der Waals surface area contributed by atoms with E-state index in [4.69, 9.17) is 9.47 Å². The summed E-state index contributed by atoms with van der Waals surface area (Å²) in [6, 6.07) is 10.8. The number of benzene rings is 1. The minimum atomic E-state index is -0.840. The minimum absolute atomic E-state index is 0.145. The Hall–Kier alpha value is -2.73. The lowest BCUT2D eigenvalue weighted by Crippen LogP contribution is -2.47. The molecular formula is C23H23N3O3. The summed E-state index contributed by atoms with van der Waals surface area (Å²) >= 11 is 0. The van der Waals surface area contributed by atoms with Crippen LogP contribution < -0.4 is 0 Å². The first-order valence-corrected chi connectivity index (χ1v) is 10.3. The van der Waals surface area contributed by atoms with Crippen molar-refractivity contribution >= 4 is 11.9 Å². The second kappa shape index (κ2) is 5.89. The highest BCUT2D eigenvalue weighted by Crippen LogP contribution is 2.45. The number of nitrogens with zero attached hydrogens (tertiary/aromatic N) is 3. The molecule has 4 aliphatic rings. The molecule has 0 unspecified atom stereocenters. The van der Waals surface area contributed by atoms with Crippen molar-refractivity contribution in [3.63, 3.8) is 0 Å². The molecule has 1 saturated heterocycles. The van der Waals surface area contributed by atoms with Crippen LogP contribution in [0.4, 0.5) is 0 Å². The van der Waals surface area contributed by atoms with E-state index in [1.807, 2.05) is 25.3 Å². The van der Waals surface area contributed by atoms with Crippen LogP contribution in [0.2, 0.25) is 0 Å². The summed E-state index contributed by atoms with van der Waals surface area (Å²) in [5.74, 6) is -0.145. The molecule has 6 heteroatoms. The smallest absolute Gasteiger partial charge is 0.296 e. The number of amidine groups is 1. The number of amides is 1. The molecule has 0 radical (unpaired) electrons. The van der Waals surface area contributed by atoms with E-state index < -0.39 is 5.60 Å². The third-order valence-corrected chi connectivity index (χ3v) is 6.90. The molecule has 4 heterocycles. The van der Waals surface area contributed by atoms with Crippen molar-refractivity contribution < 1.29 is 14.3 Å². The van der Waals surface area contributed by atoms with Crippen LogP contribution in [-0.4, -0.2) is 40.5 Å². The van der Waals surface area contributed by atoms with Crippen molar-refractivity contribution in [2.24, 2.45) is 4.99 Å². The monoisotopic (exact) mass is 389 g/mol. The lowest BCUT2D eigenvalue weighted by Gasteiger charge is -2.39. The van der Waals surface area contributed by atoms with Crippen molar-refractivity contribution in [1.29, 1.82) is 0 Å². The van der Waals surface area contributed by atoms with Crippen LogP contribution in [0.25, 0.3) is 0 Å². The fourth-order valence-electron chi connectivity index (χ4n) is 5.26. The molecule has 3 aliphatic heterocycles. The Balaban J connectivity index is 1.19. The summed E-state index contributed by atoms with van der Waals surface area (Å²) < 4.78 is 12.5. The highest BCUT2D eigenvalue weighted by molar-refractivity contribution is 6.02. The van der Waals surface area contributed by atoms with Gasteiger partial charge in [0.05, 0.1) is 12.2 Å². The highest BCUT2D eigenvalue weighted by Gasteiger charge is 2.52. The molecule has 1 aliphatic carbocycles. The number of fused-ring (bicyclic) bond motifs is 3. The molecule has 6 rings (SSSR count). The second-order valence-electron chi connectivity index (χ2n) is 8.67. The van der Waals surface area contributed by atoms with Crippen LogP contribution >= 0.6 is 0 Å². The first-order chi connectivity index (χ1) is 14.1. The quantitative estimate of drug-likeness (QED) is 0.693. The van der Waals surface area contributed by atoms with Crippen LogP contribution in [0.3, 0.4) is 0 Å². The molecule has 0 atom stereocenters. The summed E-state index contributed by atoms with van der Waals surface area (Å²) in [6.45, 7) is 4.17. The Bertz CT molecular complexity index is 1030. The maximum absolute atomic E-state index is 12.8. The summed E-state index contributed by atoms with van der Waals surface area (Å²) in [6.07, 6.45) is 4.86. The van der Waals surface area contributed by atoms with Gasteiger partial charge in [0.2, 0.25) is 5.60 Å². The van der Waals surface area contributed by atoms with Crippen LogP contribution in [0.15, 0.2) is 41.5 Å². The Morgan fingerprint density at radius 2 is 1.76 bits per heavy atom. The zero-order chi connectivity index (χ0) is 19.6. The molecule has 1 fully saturated rings. The van der Waals surface area contributed by atoms with Crippen molar-refractivity contribution in [3.05, 3.63) is 64.5 Å². The van der Waals surface area contributed by atoms with Gasteiger partial charge in [-0.25, -0.2) is 0 Å². The lowest BCUT2D eigenvalue weighted by molar-refractivity contribution is -0.130. The summed E-state index contributed by atoms with van der Waals surface area (Å²) in [4.78, 5) is 23.6. The molecule has 0 bridgehead atoms. The number of aromatic nitrogens is 1. The normalized spacial score (nSPS) is 23.3. The summed E-state index contributed by atoms with van der Waals surface area (Å²) in [7, 11) is 0. The molecule has 0 saturated carbocycles. The van der Waals surface area contributed by atoms with Gasteiger partial charge in [-0.2, -0.15) is 4.99 Å². The van der Waals surface area contributed by atoms with Crippen LogP contribution in [0, 0.1) is 6.92 Å². The van der Waals surface area contributed by atoms with Crippen molar-refractivity contribution in [2.75, 3.05) is 13.1 Å². The van der Waals surface area contributed by atoms with Gasteiger partial charge in [-0.3, -0.25) is 9.78 Å². The van der Waals surface area contributed by atoms with Gasteiger partial charge < -0.3 is 14.4 Å². The Kier molecular flexibility index (Phi) is 3.48. The molecule has 2 spiro atoms. The van der Waals surface area contributed by atoms with E-state index in [0.29, 0.717) is 25.5 Å². The summed E-state index contributed by atoms with van der Waals surface area (Å²) in [5.41, 5.74) is 4.78. The zero-order valence-electron chi connectivity index (χ0n) is 16.5. The van der Waals surface area contributed by atoms with E-state index >= 15 is 0 Å². The fraction of sp³-hybridized carbons (Fsp3) is 0.435. The maximum atomic E-state index is 12.8. The molecule has 1 aromatic carbocycles. The first kappa shape index (κ1) is 17.2. The van der Waals surface area contributed by atoms with E-state index in [1.165, 1.54) is 22.3 Å². The van der Waals surface area contributed by atoms with Gasteiger partial charge in [0, 0.05) is 43.4 Å². The number of hydrogen-bond donors (Lipinski definition) is 0. The molecule has 2 aromatic rings. The van der Waals surface area contributed by atoms with E-state index in [0.717, 1.165) is 31.6 Å². The van der Waals surface area contributed by atoms with Crippen molar-refractivity contribution in [2.45, 2.75) is 50.4 Å². The van der Waals surface area contributed by atoms with E-state index in [9.17, 15) is 4.79 Å². The molecule has 29 heavy (non-hydrogen) atoms. The number of likely N-dealkylation sites (tertiary alicyclic amines) is 1. The average molecular weight is 389 g/mol. The van der Waals surface area contributed by atoms with Gasteiger partial charge in [-0.1, -0.05) is 24.3 Å². The van der Waals surface area contributed by atoms with Gasteiger partial charge in [-0.15, -0.1) is 0 Å². The molecule has 148 valence electrons. The van der Waals surface area contributed by atoms with Crippen LogP contribution in [0.5, 0.6) is 0 Å². The average Bonchev–Trinajstić information content (AvgIpc) is 3.37. The lowest BCUT2D eigenvalue weighted by atomic mass is 9.84. The number of piperidine rings is 1.